The van der Waals surface area contributed by atoms with Gasteiger partial charge < -0.3 is 11.1 Å². The smallest absolute Gasteiger partial charge is 0.196 e. The quantitative estimate of drug-likeness (QED) is 0.631. The molecule has 0 fully saturated rings. The molecule has 0 aliphatic rings. The van der Waals surface area contributed by atoms with Gasteiger partial charge in [0.25, 0.3) is 0 Å². The lowest BCUT2D eigenvalue weighted by Crippen LogP contribution is -2.00. The molecule has 0 radical (unpaired) electrons. The van der Waals surface area contributed by atoms with Crippen LogP contribution in [0.1, 0.15) is 5.56 Å². The molecule has 0 bridgehead atoms. The molecule has 2 aromatic carbocycles. The molecule has 0 aromatic heterocycles. The van der Waals surface area contributed by atoms with Crippen LogP contribution in [-0.2, 0) is 0 Å². The van der Waals surface area contributed by atoms with Gasteiger partial charge >= 0.3 is 0 Å². The molecule has 0 aliphatic heterocycles. The lowest BCUT2D eigenvalue weighted by molar-refractivity contribution is 0.449. The zero-order valence-electron chi connectivity index (χ0n) is 9.60. The first kappa shape index (κ1) is 12.3. The van der Waals surface area contributed by atoms with Crippen molar-refractivity contribution in [1.82, 2.24) is 0 Å². The lowest BCUT2D eigenvalue weighted by Gasteiger charge is -2.11. The normalized spacial score (nSPS) is 10.4. The highest BCUT2D eigenvalue weighted by molar-refractivity contribution is 5.67. The van der Waals surface area contributed by atoms with E-state index in [1.807, 2.05) is 0 Å². The number of hydrogen-bond donors (Lipinski definition) is 2. The summed E-state index contributed by atoms with van der Waals surface area (Å²) in [6.07, 6.45) is 0. The lowest BCUT2D eigenvalue weighted by atomic mass is 10.1. The number of anilines is 3. The van der Waals surface area contributed by atoms with Crippen LogP contribution in [0.2, 0.25) is 0 Å². The minimum atomic E-state index is -1.50. The summed E-state index contributed by atoms with van der Waals surface area (Å²) in [5.41, 5.74) is 7.32. The largest absolute Gasteiger partial charge is 0.399 e. The van der Waals surface area contributed by atoms with Gasteiger partial charge in [-0.05, 0) is 36.8 Å². The molecule has 2 nitrogen and oxygen atoms in total. The highest BCUT2D eigenvalue weighted by Gasteiger charge is 2.13. The number of hydrogen-bond acceptors (Lipinski definition) is 2. The fraction of sp³-hybridized carbons (Fsp3) is 0.0769. The van der Waals surface area contributed by atoms with Crippen molar-refractivity contribution in [2.45, 2.75) is 6.92 Å². The van der Waals surface area contributed by atoms with Gasteiger partial charge in [0, 0.05) is 11.4 Å². The first-order valence-electron chi connectivity index (χ1n) is 5.25. The van der Waals surface area contributed by atoms with E-state index in [1.165, 1.54) is 0 Å². The van der Waals surface area contributed by atoms with Gasteiger partial charge in [0.1, 0.15) is 0 Å². The average Bonchev–Trinajstić information content (AvgIpc) is 2.34. The van der Waals surface area contributed by atoms with Crippen molar-refractivity contribution in [2.24, 2.45) is 0 Å². The third kappa shape index (κ3) is 2.25. The summed E-state index contributed by atoms with van der Waals surface area (Å²) in [5, 5.41) is 2.69. The van der Waals surface area contributed by atoms with Crippen molar-refractivity contribution in [2.75, 3.05) is 11.1 Å². The first-order valence-corrected chi connectivity index (χ1v) is 5.25. The van der Waals surface area contributed by atoms with Crippen LogP contribution in [0.4, 0.5) is 30.2 Å². The van der Waals surface area contributed by atoms with E-state index in [0.717, 1.165) is 17.7 Å². The molecular weight excluding hydrogens is 241 g/mol. The number of nitrogens with one attached hydrogen (secondary N) is 1. The van der Waals surface area contributed by atoms with E-state index < -0.39 is 17.5 Å². The molecule has 0 atom stereocenters. The van der Waals surface area contributed by atoms with E-state index in [2.05, 4.69) is 5.32 Å². The number of nitrogens with two attached hydrogens (primary N) is 1. The van der Waals surface area contributed by atoms with Crippen molar-refractivity contribution in [1.29, 1.82) is 0 Å². The molecule has 94 valence electrons. The van der Waals surface area contributed by atoms with E-state index >= 15 is 0 Å². The summed E-state index contributed by atoms with van der Waals surface area (Å²) in [6.45, 7) is 1.79. The number of aryl methyl sites for hydroxylation is 1. The van der Waals surface area contributed by atoms with Crippen LogP contribution in [0.25, 0.3) is 0 Å². The number of halogens is 3. The molecule has 0 spiro atoms. The van der Waals surface area contributed by atoms with Crippen LogP contribution in [-0.4, -0.2) is 0 Å². The Morgan fingerprint density at radius 2 is 1.67 bits per heavy atom. The van der Waals surface area contributed by atoms with Crippen molar-refractivity contribution < 1.29 is 13.2 Å². The van der Waals surface area contributed by atoms with Crippen LogP contribution in [0.15, 0.2) is 30.3 Å². The third-order valence-electron chi connectivity index (χ3n) is 2.57. The Bertz CT molecular complexity index is 597. The zero-order chi connectivity index (χ0) is 13.3. The second kappa shape index (κ2) is 4.60. The van der Waals surface area contributed by atoms with E-state index in [1.54, 1.807) is 25.1 Å². The van der Waals surface area contributed by atoms with Gasteiger partial charge in [-0.15, -0.1) is 0 Å². The summed E-state index contributed by atoms with van der Waals surface area (Å²) < 4.78 is 39.3. The molecule has 3 N–H and O–H groups in total. The van der Waals surface area contributed by atoms with E-state index in [-0.39, 0.29) is 5.69 Å². The Kier molecular flexibility index (Phi) is 3.14. The molecule has 0 unspecified atom stereocenters. The van der Waals surface area contributed by atoms with Gasteiger partial charge in [-0.3, -0.25) is 0 Å². The summed E-state index contributed by atoms with van der Waals surface area (Å²) in [4.78, 5) is 0. The maximum atomic E-state index is 13.5. The van der Waals surface area contributed by atoms with Gasteiger partial charge in [-0.1, -0.05) is 6.07 Å². The molecule has 18 heavy (non-hydrogen) atoms. The standard InChI is InChI=1S/C13H11F3N2/c1-7-2-3-8(17)6-11(7)18-10-5-4-9(14)12(15)13(10)16/h2-6,18H,17H2,1H3. The average molecular weight is 252 g/mol. The summed E-state index contributed by atoms with van der Waals surface area (Å²) in [6, 6.07) is 7.03. The van der Waals surface area contributed by atoms with Gasteiger partial charge in [-0.2, -0.15) is 0 Å². The second-order valence-corrected chi connectivity index (χ2v) is 3.92. The molecule has 0 amide bonds. The highest BCUT2D eigenvalue weighted by atomic mass is 19.2. The SMILES string of the molecule is Cc1ccc(N)cc1Nc1ccc(F)c(F)c1F. The Morgan fingerprint density at radius 1 is 0.944 bits per heavy atom. The maximum absolute atomic E-state index is 13.5. The third-order valence-corrected chi connectivity index (χ3v) is 2.57. The van der Waals surface area contributed by atoms with Crippen LogP contribution in [0.5, 0.6) is 0 Å². The summed E-state index contributed by atoms with van der Waals surface area (Å²) >= 11 is 0. The molecule has 0 saturated heterocycles. The van der Waals surface area contributed by atoms with Crippen molar-refractivity contribution >= 4 is 17.1 Å². The molecule has 2 aromatic rings. The second-order valence-electron chi connectivity index (χ2n) is 3.92. The van der Waals surface area contributed by atoms with Gasteiger partial charge in [-0.25, -0.2) is 13.2 Å². The van der Waals surface area contributed by atoms with Gasteiger partial charge in [0.15, 0.2) is 17.5 Å². The zero-order valence-corrected chi connectivity index (χ0v) is 9.60. The molecule has 2 rings (SSSR count). The topological polar surface area (TPSA) is 38.0 Å². The minimum Gasteiger partial charge on any atom is -0.399 e. The van der Waals surface area contributed by atoms with Crippen molar-refractivity contribution in [3.63, 3.8) is 0 Å². The fourth-order valence-electron chi connectivity index (χ4n) is 1.54. The Morgan fingerprint density at radius 3 is 2.39 bits per heavy atom. The molecule has 0 heterocycles. The Labute approximate surface area is 102 Å². The van der Waals surface area contributed by atoms with Crippen LogP contribution in [0.3, 0.4) is 0 Å². The minimum absolute atomic E-state index is 0.136. The number of rotatable bonds is 2. The predicted molar refractivity (Wildman–Crippen MR) is 65.2 cm³/mol. The molecular formula is C13H11F3N2. The van der Waals surface area contributed by atoms with Gasteiger partial charge in [0.2, 0.25) is 0 Å². The monoisotopic (exact) mass is 252 g/mol. The van der Waals surface area contributed by atoms with Crippen LogP contribution in [0, 0.1) is 24.4 Å². The van der Waals surface area contributed by atoms with E-state index in [9.17, 15) is 13.2 Å². The Hall–Kier alpha value is -2.17. The molecule has 0 saturated carbocycles. The van der Waals surface area contributed by atoms with Crippen LogP contribution >= 0.6 is 0 Å². The van der Waals surface area contributed by atoms with Crippen molar-refractivity contribution in [3.8, 4) is 0 Å². The number of nitrogen functional groups attached to an aromatic ring is 1. The highest BCUT2D eigenvalue weighted by Crippen LogP contribution is 2.26. The van der Waals surface area contributed by atoms with E-state index in [0.29, 0.717) is 11.4 Å². The maximum Gasteiger partial charge on any atom is 0.196 e. The van der Waals surface area contributed by atoms with Crippen molar-refractivity contribution in [3.05, 3.63) is 53.3 Å². The summed E-state index contributed by atoms with van der Waals surface area (Å²) in [7, 11) is 0. The van der Waals surface area contributed by atoms with Crippen LogP contribution < -0.4 is 11.1 Å². The number of benzene rings is 2. The molecule has 5 heteroatoms. The fourth-order valence-corrected chi connectivity index (χ4v) is 1.54. The van der Waals surface area contributed by atoms with Gasteiger partial charge in [0.05, 0.1) is 5.69 Å². The predicted octanol–water partition coefficient (Wildman–Crippen LogP) is 3.74. The Balaban J connectivity index is 2.40. The summed E-state index contributed by atoms with van der Waals surface area (Å²) in [5.74, 6) is -3.97. The molecule has 0 aliphatic carbocycles. The first-order chi connectivity index (χ1) is 8.49. The van der Waals surface area contributed by atoms with E-state index in [4.69, 9.17) is 5.73 Å².